The van der Waals surface area contributed by atoms with Gasteiger partial charge in [-0.3, -0.25) is 9.48 Å². The zero-order valence-corrected chi connectivity index (χ0v) is 11.3. The fourth-order valence-electron chi connectivity index (χ4n) is 1.85. The molecular formula is C11H14N6O3. The van der Waals surface area contributed by atoms with Gasteiger partial charge in [0.05, 0.1) is 11.8 Å². The molecule has 2 rings (SSSR count). The Hall–Kier alpha value is -2.71. The van der Waals surface area contributed by atoms with Crippen LogP contribution in [0.4, 0.5) is 5.82 Å². The van der Waals surface area contributed by atoms with Crippen molar-refractivity contribution in [2.45, 2.75) is 20.4 Å². The van der Waals surface area contributed by atoms with Gasteiger partial charge >= 0.3 is 5.82 Å². The van der Waals surface area contributed by atoms with Crippen molar-refractivity contribution in [3.8, 4) is 0 Å². The minimum atomic E-state index is -0.640. The lowest BCUT2D eigenvalue weighted by molar-refractivity contribution is -0.389. The number of carbonyl (C=O) groups is 1. The number of nitrogens with one attached hydrogen (secondary N) is 2. The van der Waals surface area contributed by atoms with E-state index in [1.54, 1.807) is 4.68 Å². The number of aryl methyl sites for hydroxylation is 2. The third-order valence-corrected chi connectivity index (χ3v) is 3.08. The van der Waals surface area contributed by atoms with E-state index in [9.17, 15) is 14.9 Å². The van der Waals surface area contributed by atoms with E-state index in [4.69, 9.17) is 0 Å². The Morgan fingerprint density at radius 2 is 2.25 bits per heavy atom. The molecule has 0 saturated carbocycles. The van der Waals surface area contributed by atoms with Crippen LogP contribution in [0.25, 0.3) is 0 Å². The molecule has 0 atom stereocenters. The maximum atomic E-state index is 11.8. The Bertz CT molecular complexity index is 672. The van der Waals surface area contributed by atoms with E-state index in [0.29, 0.717) is 6.54 Å². The number of nitro groups is 1. The smallest absolute Gasteiger partial charge is 0.343 e. The average molecular weight is 278 g/mol. The molecule has 0 radical (unpaired) electrons. The molecule has 9 nitrogen and oxygen atoms in total. The highest BCUT2D eigenvalue weighted by atomic mass is 16.6. The Labute approximate surface area is 114 Å². The minimum Gasteiger partial charge on any atom is -0.358 e. The number of aromatic nitrogens is 4. The van der Waals surface area contributed by atoms with Crippen molar-refractivity contribution in [3.63, 3.8) is 0 Å². The highest BCUT2D eigenvalue weighted by molar-refractivity contribution is 5.92. The van der Waals surface area contributed by atoms with Crippen molar-refractivity contribution in [1.29, 1.82) is 0 Å². The lowest BCUT2D eigenvalue weighted by Gasteiger charge is -2.03. The molecule has 0 fully saturated rings. The largest absolute Gasteiger partial charge is 0.358 e. The number of aromatic amines is 1. The van der Waals surface area contributed by atoms with Gasteiger partial charge in [0, 0.05) is 24.8 Å². The summed E-state index contributed by atoms with van der Waals surface area (Å²) in [7, 11) is 1.82. The summed E-state index contributed by atoms with van der Waals surface area (Å²) in [6.07, 6.45) is 0. The second-order valence-electron chi connectivity index (χ2n) is 4.35. The molecule has 1 amide bonds. The SMILES string of the molecule is Cc1nn(C)c(C)c1CNC(=O)c1cc([N+](=O)[O-])[nH]n1. The van der Waals surface area contributed by atoms with Gasteiger partial charge in [-0.1, -0.05) is 5.10 Å². The standard InChI is InChI=1S/C11H14N6O3/c1-6-8(7(2)16(3)15-6)5-12-11(18)9-4-10(14-13-9)17(19)20/h4H,5H2,1-3H3,(H,12,18)(H,13,14). The molecule has 20 heavy (non-hydrogen) atoms. The van der Waals surface area contributed by atoms with Gasteiger partial charge in [-0.15, -0.1) is 5.10 Å². The van der Waals surface area contributed by atoms with E-state index >= 15 is 0 Å². The third-order valence-electron chi connectivity index (χ3n) is 3.08. The van der Waals surface area contributed by atoms with E-state index in [1.165, 1.54) is 0 Å². The van der Waals surface area contributed by atoms with Gasteiger partial charge in [-0.25, -0.2) is 0 Å². The Balaban J connectivity index is 2.06. The average Bonchev–Trinajstić information content (AvgIpc) is 2.95. The first-order chi connectivity index (χ1) is 9.40. The topological polar surface area (TPSA) is 119 Å². The van der Waals surface area contributed by atoms with Crippen LogP contribution in [-0.2, 0) is 13.6 Å². The van der Waals surface area contributed by atoms with Crippen molar-refractivity contribution in [1.82, 2.24) is 25.3 Å². The second kappa shape index (κ2) is 5.11. The van der Waals surface area contributed by atoms with Crippen LogP contribution in [0.2, 0.25) is 0 Å². The van der Waals surface area contributed by atoms with Gasteiger partial charge in [-0.05, 0) is 18.8 Å². The summed E-state index contributed by atoms with van der Waals surface area (Å²) < 4.78 is 1.73. The maximum absolute atomic E-state index is 11.8. The van der Waals surface area contributed by atoms with Gasteiger partial charge in [0.15, 0.2) is 5.69 Å². The van der Waals surface area contributed by atoms with Crippen molar-refractivity contribution in [2.24, 2.45) is 7.05 Å². The maximum Gasteiger partial charge on any atom is 0.343 e. The van der Waals surface area contributed by atoms with Crippen LogP contribution >= 0.6 is 0 Å². The third kappa shape index (κ3) is 2.51. The van der Waals surface area contributed by atoms with E-state index in [0.717, 1.165) is 23.0 Å². The molecule has 2 N–H and O–H groups in total. The van der Waals surface area contributed by atoms with Crippen LogP contribution in [0.1, 0.15) is 27.4 Å². The van der Waals surface area contributed by atoms with Gasteiger partial charge < -0.3 is 15.4 Å². The lowest BCUT2D eigenvalue weighted by Crippen LogP contribution is -2.23. The van der Waals surface area contributed by atoms with Crippen LogP contribution in [0, 0.1) is 24.0 Å². The van der Waals surface area contributed by atoms with Crippen molar-refractivity contribution in [3.05, 3.63) is 38.8 Å². The highest BCUT2D eigenvalue weighted by Crippen LogP contribution is 2.12. The first-order valence-electron chi connectivity index (χ1n) is 5.87. The summed E-state index contributed by atoms with van der Waals surface area (Å²) in [6, 6.07) is 1.10. The number of hydrogen-bond donors (Lipinski definition) is 2. The first kappa shape index (κ1) is 13.7. The Kier molecular flexibility index (Phi) is 3.51. The van der Waals surface area contributed by atoms with Crippen molar-refractivity contribution in [2.75, 3.05) is 0 Å². The van der Waals surface area contributed by atoms with Crippen molar-refractivity contribution >= 4 is 11.7 Å². The number of hydrogen-bond acceptors (Lipinski definition) is 5. The van der Waals surface area contributed by atoms with Crippen molar-refractivity contribution < 1.29 is 9.72 Å². The molecular weight excluding hydrogens is 264 g/mol. The predicted octanol–water partition coefficient (Wildman–Crippen LogP) is 0.598. The zero-order valence-electron chi connectivity index (χ0n) is 11.3. The minimum absolute atomic E-state index is 0.0177. The number of H-pyrrole nitrogens is 1. The first-order valence-corrected chi connectivity index (χ1v) is 5.87. The summed E-state index contributed by atoms with van der Waals surface area (Å²) in [4.78, 5) is 21.7. The predicted molar refractivity (Wildman–Crippen MR) is 69.1 cm³/mol. The van der Waals surface area contributed by atoms with Gasteiger partial charge in [-0.2, -0.15) is 5.10 Å². The lowest BCUT2D eigenvalue weighted by atomic mass is 10.2. The summed E-state index contributed by atoms with van der Waals surface area (Å²) in [6.45, 7) is 4.06. The molecule has 0 unspecified atom stereocenters. The van der Waals surface area contributed by atoms with E-state index < -0.39 is 10.8 Å². The summed E-state index contributed by atoms with van der Waals surface area (Å²) in [5, 5.41) is 23.2. The second-order valence-corrected chi connectivity index (χ2v) is 4.35. The molecule has 106 valence electrons. The van der Waals surface area contributed by atoms with Crippen LogP contribution in [0.5, 0.6) is 0 Å². The number of carbonyl (C=O) groups excluding carboxylic acids is 1. The van der Waals surface area contributed by atoms with Gasteiger partial charge in [0.2, 0.25) is 0 Å². The van der Waals surface area contributed by atoms with Crippen LogP contribution < -0.4 is 5.32 Å². The number of rotatable bonds is 4. The summed E-state index contributed by atoms with van der Waals surface area (Å²) in [5.74, 6) is -0.791. The number of nitrogens with zero attached hydrogens (tertiary/aromatic N) is 4. The van der Waals surface area contributed by atoms with Gasteiger partial charge in [0.1, 0.15) is 0 Å². The fourth-order valence-corrected chi connectivity index (χ4v) is 1.85. The highest BCUT2D eigenvalue weighted by Gasteiger charge is 2.17. The molecule has 2 heterocycles. The van der Waals surface area contributed by atoms with Gasteiger partial charge in [0.25, 0.3) is 5.91 Å². The van der Waals surface area contributed by atoms with E-state index in [-0.39, 0.29) is 11.5 Å². The van der Waals surface area contributed by atoms with E-state index in [1.807, 2.05) is 20.9 Å². The Morgan fingerprint density at radius 1 is 1.55 bits per heavy atom. The Morgan fingerprint density at radius 3 is 2.75 bits per heavy atom. The van der Waals surface area contributed by atoms with E-state index in [2.05, 4.69) is 20.6 Å². The summed E-state index contributed by atoms with van der Waals surface area (Å²) in [5.41, 5.74) is 2.69. The quantitative estimate of drug-likeness (QED) is 0.627. The molecule has 9 heteroatoms. The fraction of sp³-hybridized carbons (Fsp3) is 0.364. The van der Waals surface area contributed by atoms with Crippen LogP contribution in [0.15, 0.2) is 6.07 Å². The molecule has 0 aliphatic heterocycles. The molecule has 2 aromatic rings. The summed E-state index contributed by atoms with van der Waals surface area (Å²) >= 11 is 0. The zero-order chi connectivity index (χ0) is 14.9. The van der Waals surface area contributed by atoms with Crippen LogP contribution in [-0.4, -0.2) is 30.8 Å². The molecule has 0 aliphatic rings. The monoisotopic (exact) mass is 278 g/mol. The number of amides is 1. The molecule has 0 aromatic carbocycles. The van der Waals surface area contributed by atoms with Crippen LogP contribution in [0.3, 0.4) is 0 Å². The molecule has 0 bridgehead atoms. The molecule has 0 aliphatic carbocycles. The normalized spacial score (nSPS) is 10.6. The molecule has 0 saturated heterocycles. The molecule has 0 spiro atoms. The molecule has 2 aromatic heterocycles.